The molecule has 0 spiro atoms. The number of amides is 1. The van der Waals surface area contributed by atoms with Crippen LogP contribution in [0.3, 0.4) is 0 Å². The highest BCUT2D eigenvalue weighted by molar-refractivity contribution is 6.30. The van der Waals surface area contributed by atoms with Gasteiger partial charge in [-0.1, -0.05) is 11.6 Å². The fourth-order valence-electron chi connectivity index (χ4n) is 1.41. The molecule has 0 aliphatic heterocycles. The predicted molar refractivity (Wildman–Crippen MR) is 81.0 cm³/mol. The second kappa shape index (κ2) is 6.57. The van der Waals surface area contributed by atoms with Gasteiger partial charge in [-0.2, -0.15) is 0 Å². The third-order valence-electron chi connectivity index (χ3n) is 2.15. The number of hydrogen-bond acceptors (Lipinski definition) is 3. The third kappa shape index (κ3) is 5.89. The number of nitrogens with one attached hydrogen (secondary N) is 1. The van der Waals surface area contributed by atoms with E-state index in [1.54, 1.807) is 45.0 Å². The number of carbonyl (C=O) groups is 2. The second-order valence-corrected chi connectivity index (χ2v) is 5.74. The largest absolute Gasteiger partial charge is 0.444 e. The van der Waals surface area contributed by atoms with Crippen LogP contribution in [0.4, 0.5) is 10.5 Å². The van der Waals surface area contributed by atoms with Gasteiger partial charge in [-0.15, -0.1) is 0 Å². The SMILES string of the molecule is CC(=O)/C=C/c1cc(Cl)ccc1NC(=O)OC(C)(C)C. The minimum absolute atomic E-state index is 0.0896. The summed E-state index contributed by atoms with van der Waals surface area (Å²) in [5.74, 6) is -0.0896. The zero-order chi connectivity index (χ0) is 15.3. The van der Waals surface area contributed by atoms with Crippen molar-refractivity contribution in [2.45, 2.75) is 33.3 Å². The fraction of sp³-hybridized carbons (Fsp3) is 0.333. The van der Waals surface area contributed by atoms with E-state index < -0.39 is 11.7 Å². The highest BCUT2D eigenvalue weighted by Crippen LogP contribution is 2.23. The highest BCUT2D eigenvalue weighted by Gasteiger charge is 2.16. The van der Waals surface area contributed by atoms with Crippen LogP contribution in [0.5, 0.6) is 0 Å². The Labute approximate surface area is 123 Å². The van der Waals surface area contributed by atoms with E-state index in [1.165, 1.54) is 13.0 Å². The Morgan fingerprint density at radius 3 is 2.50 bits per heavy atom. The molecular formula is C15H18ClNO3. The number of benzene rings is 1. The van der Waals surface area contributed by atoms with E-state index in [9.17, 15) is 9.59 Å². The van der Waals surface area contributed by atoms with Crippen LogP contribution in [-0.4, -0.2) is 17.5 Å². The summed E-state index contributed by atoms with van der Waals surface area (Å²) in [6.07, 6.45) is 2.45. The molecule has 1 amide bonds. The molecule has 1 aromatic rings. The molecule has 1 N–H and O–H groups in total. The van der Waals surface area contributed by atoms with E-state index in [1.807, 2.05) is 0 Å². The Kier molecular flexibility index (Phi) is 5.34. The van der Waals surface area contributed by atoms with Gasteiger partial charge in [0, 0.05) is 5.02 Å². The predicted octanol–water partition coefficient (Wildman–Crippen LogP) is 4.29. The lowest BCUT2D eigenvalue weighted by molar-refractivity contribution is -0.112. The maximum absolute atomic E-state index is 11.7. The van der Waals surface area contributed by atoms with Crippen molar-refractivity contribution in [2.75, 3.05) is 5.32 Å². The monoisotopic (exact) mass is 295 g/mol. The maximum atomic E-state index is 11.7. The Hall–Kier alpha value is -1.81. The summed E-state index contributed by atoms with van der Waals surface area (Å²) in [5.41, 5.74) is 0.589. The number of ketones is 1. The lowest BCUT2D eigenvalue weighted by atomic mass is 10.1. The summed E-state index contributed by atoms with van der Waals surface area (Å²) in [5, 5.41) is 3.15. The lowest BCUT2D eigenvalue weighted by Gasteiger charge is -2.20. The smallest absolute Gasteiger partial charge is 0.412 e. The molecule has 0 bridgehead atoms. The Balaban J connectivity index is 2.94. The molecule has 0 saturated carbocycles. The van der Waals surface area contributed by atoms with Crippen molar-refractivity contribution in [1.82, 2.24) is 0 Å². The van der Waals surface area contributed by atoms with Crippen LogP contribution in [0.2, 0.25) is 5.02 Å². The number of hydrogen-bond donors (Lipinski definition) is 1. The van der Waals surface area contributed by atoms with Crippen molar-refractivity contribution in [3.63, 3.8) is 0 Å². The molecule has 4 nitrogen and oxygen atoms in total. The van der Waals surface area contributed by atoms with E-state index in [4.69, 9.17) is 16.3 Å². The molecule has 1 aromatic carbocycles. The number of allylic oxidation sites excluding steroid dienone is 1. The summed E-state index contributed by atoms with van der Waals surface area (Å²) in [7, 11) is 0. The molecular weight excluding hydrogens is 278 g/mol. The summed E-state index contributed by atoms with van der Waals surface area (Å²) < 4.78 is 5.18. The molecule has 0 radical (unpaired) electrons. The van der Waals surface area contributed by atoms with E-state index in [0.29, 0.717) is 16.3 Å². The molecule has 108 valence electrons. The number of anilines is 1. The van der Waals surface area contributed by atoms with Gasteiger partial charge in [0.15, 0.2) is 5.78 Å². The first-order valence-corrected chi connectivity index (χ1v) is 6.53. The molecule has 1 rings (SSSR count). The first-order valence-electron chi connectivity index (χ1n) is 6.15. The van der Waals surface area contributed by atoms with Crippen LogP contribution in [0.15, 0.2) is 24.3 Å². The van der Waals surface area contributed by atoms with Gasteiger partial charge in [-0.25, -0.2) is 4.79 Å². The zero-order valence-electron chi connectivity index (χ0n) is 12.0. The molecule has 0 aliphatic rings. The number of ether oxygens (including phenoxy) is 1. The third-order valence-corrected chi connectivity index (χ3v) is 2.38. The fourth-order valence-corrected chi connectivity index (χ4v) is 1.59. The van der Waals surface area contributed by atoms with E-state index >= 15 is 0 Å². The highest BCUT2D eigenvalue weighted by atomic mass is 35.5. The van der Waals surface area contributed by atoms with Crippen LogP contribution in [-0.2, 0) is 9.53 Å². The molecule has 0 unspecified atom stereocenters. The Bertz CT molecular complexity index is 545. The summed E-state index contributed by atoms with van der Waals surface area (Å²) in [6, 6.07) is 4.97. The zero-order valence-corrected chi connectivity index (χ0v) is 12.7. The summed E-state index contributed by atoms with van der Waals surface area (Å²) >= 11 is 5.91. The van der Waals surface area contributed by atoms with Gasteiger partial charge in [0.2, 0.25) is 0 Å². The summed E-state index contributed by atoms with van der Waals surface area (Å²) in [6.45, 7) is 6.79. The lowest BCUT2D eigenvalue weighted by Crippen LogP contribution is -2.27. The Morgan fingerprint density at radius 1 is 1.30 bits per heavy atom. The molecule has 0 atom stereocenters. The van der Waals surface area contributed by atoms with Gasteiger partial charge in [0.05, 0.1) is 5.69 Å². The van der Waals surface area contributed by atoms with Gasteiger partial charge < -0.3 is 4.74 Å². The minimum atomic E-state index is -0.577. The van der Waals surface area contributed by atoms with Crippen LogP contribution in [0.1, 0.15) is 33.3 Å². The summed E-state index contributed by atoms with van der Waals surface area (Å²) in [4.78, 5) is 22.7. The van der Waals surface area contributed by atoms with Gasteiger partial charge in [0.1, 0.15) is 5.60 Å². The standard InChI is InChI=1S/C15H18ClNO3/c1-10(18)5-6-11-9-12(16)7-8-13(11)17-14(19)20-15(2,3)4/h5-9H,1-4H3,(H,17,19)/b6-5+. The topological polar surface area (TPSA) is 55.4 Å². The normalized spacial score (nSPS) is 11.4. The van der Waals surface area contributed by atoms with Crippen LogP contribution >= 0.6 is 11.6 Å². The van der Waals surface area contributed by atoms with Crippen LogP contribution in [0, 0.1) is 0 Å². The molecule has 20 heavy (non-hydrogen) atoms. The average Bonchev–Trinajstić information content (AvgIpc) is 2.26. The van der Waals surface area contributed by atoms with Crippen molar-refractivity contribution in [2.24, 2.45) is 0 Å². The van der Waals surface area contributed by atoms with E-state index in [0.717, 1.165) is 0 Å². The van der Waals surface area contributed by atoms with Crippen molar-refractivity contribution >= 4 is 35.2 Å². The number of rotatable bonds is 3. The molecule has 0 saturated heterocycles. The van der Waals surface area contributed by atoms with E-state index in [-0.39, 0.29) is 5.78 Å². The van der Waals surface area contributed by atoms with Gasteiger partial charge in [-0.3, -0.25) is 10.1 Å². The first-order chi connectivity index (χ1) is 9.17. The van der Waals surface area contributed by atoms with Gasteiger partial charge >= 0.3 is 6.09 Å². The molecule has 0 aromatic heterocycles. The van der Waals surface area contributed by atoms with Crippen molar-refractivity contribution in [1.29, 1.82) is 0 Å². The molecule has 0 aliphatic carbocycles. The second-order valence-electron chi connectivity index (χ2n) is 5.30. The van der Waals surface area contributed by atoms with Gasteiger partial charge in [0.25, 0.3) is 0 Å². The first kappa shape index (κ1) is 16.2. The van der Waals surface area contributed by atoms with Crippen LogP contribution in [0.25, 0.3) is 6.08 Å². The van der Waals surface area contributed by atoms with Crippen molar-refractivity contribution < 1.29 is 14.3 Å². The molecule has 0 fully saturated rings. The molecule has 0 heterocycles. The Morgan fingerprint density at radius 2 is 1.95 bits per heavy atom. The van der Waals surface area contributed by atoms with Gasteiger partial charge in [-0.05, 0) is 63.6 Å². The van der Waals surface area contributed by atoms with Crippen LogP contribution < -0.4 is 5.32 Å². The van der Waals surface area contributed by atoms with E-state index in [2.05, 4.69) is 5.32 Å². The quantitative estimate of drug-likeness (QED) is 0.846. The van der Waals surface area contributed by atoms with Crippen molar-refractivity contribution in [3.8, 4) is 0 Å². The minimum Gasteiger partial charge on any atom is -0.444 e. The number of halogens is 1. The average molecular weight is 296 g/mol. The molecule has 5 heteroatoms. The maximum Gasteiger partial charge on any atom is 0.412 e. The number of carbonyl (C=O) groups excluding carboxylic acids is 2. The van der Waals surface area contributed by atoms with Crippen molar-refractivity contribution in [3.05, 3.63) is 34.9 Å².